The summed E-state index contributed by atoms with van der Waals surface area (Å²) >= 11 is 0. The highest BCUT2D eigenvalue weighted by molar-refractivity contribution is 7.89. The van der Waals surface area contributed by atoms with E-state index in [2.05, 4.69) is 15.3 Å². The van der Waals surface area contributed by atoms with E-state index in [9.17, 15) is 13.2 Å². The number of aryl methyl sites for hydroxylation is 1. The number of rotatable bonds is 5. The van der Waals surface area contributed by atoms with Gasteiger partial charge in [0.1, 0.15) is 23.1 Å². The second-order valence-electron chi connectivity index (χ2n) is 7.21. The van der Waals surface area contributed by atoms with Crippen LogP contribution >= 0.6 is 0 Å². The fourth-order valence-electron chi connectivity index (χ4n) is 3.40. The average molecular weight is 405 g/mol. The summed E-state index contributed by atoms with van der Waals surface area (Å²) in [5.41, 5.74) is 1.26. The molecule has 10 heteroatoms. The van der Waals surface area contributed by atoms with Crippen molar-refractivity contribution in [1.82, 2.24) is 24.2 Å². The molecule has 0 atom stereocenters. The summed E-state index contributed by atoms with van der Waals surface area (Å²) in [5.74, 6) is 0.380. The summed E-state index contributed by atoms with van der Waals surface area (Å²) < 4.78 is 33.2. The van der Waals surface area contributed by atoms with Crippen LogP contribution in [0, 0.1) is 6.92 Å². The second-order valence-corrected chi connectivity index (χ2v) is 9.42. The minimum Gasteiger partial charge on any atom is -0.378 e. The molecule has 2 aliphatic heterocycles. The van der Waals surface area contributed by atoms with E-state index in [1.54, 1.807) is 29.4 Å². The normalized spacial score (nSPS) is 19.3. The van der Waals surface area contributed by atoms with Gasteiger partial charge in [-0.15, -0.1) is 0 Å². The third kappa shape index (κ3) is 3.80. The van der Waals surface area contributed by atoms with Crippen LogP contribution in [0.2, 0.25) is 0 Å². The van der Waals surface area contributed by atoms with Crippen LogP contribution in [0.4, 0.5) is 0 Å². The number of imidazole rings is 1. The van der Waals surface area contributed by atoms with Crippen molar-refractivity contribution in [2.45, 2.75) is 31.1 Å². The first-order valence-electron chi connectivity index (χ1n) is 9.28. The largest absolute Gasteiger partial charge is 0.378 e. The maximum absolute atomic E-state index is 12.7. The molecule has 0 spiro atoms. The van der Waals surface area contributed by atoms with E-state index < -0.39 is 15.3 Å². The lowest BCUT2D eigenvalue weighted by atomic mass is 10.1. The fourth-order valence-corrected chi connectivity index (χ4v) is 5.08. The monoisotopic (exact) mass is 405 g/mol. The summed E-state index contributed by atoms with van der Waals surface area (Å²) in [7, 11) is -3.29. The van der Waals surface area contributed by atoms with Crippen LogP contribution in [0.3, 0.4) is 0 Å². The molecule has 1 amide bonds. The number of pyridine rings is 1. The molecule has 2 aliphatic rings. The first-order valence-corrected chi connectivity index (χ1v) is 10.8. The number of hydrogen-bond donors (Lipinski definition) is 1. The summed E-state index contributed by atoms with van der Waals surface area (Å²) in [6.07, 6.45) is 6.22. The van der Waals surface area contributed by atoms with Crippen molar-refractivity contribution >= 4 is 15.9 Å². The summed E-state index contributed by atoms with van der Waals surface area (Å²) in [5, 5.41) is 2.57. The molecule has 4 rings (SSSR count). The maximum Gasteiger partial charge on any atom is 0.270 e. The third-order valence-corrected chi connectivity index (χ3v) is 7.34. The molecule has 0 bridgehead atoms. The van der Waals surface area contributed by atoms with Crippen molar-refractivity contribution < 1.29 is 17.9 Å². The van der Waals surface area contributed by atoms with Crippen molar-refractivity contribution in [1.29, 1.82) is 0 Å². The molecule has 2 aromatic rings. The van der Waals surface area contributed by atoms with Gasteiger partial charge in [0.15, 0.2) is 0 Å². The van der Waals surface area contributed by atoms with Crippen molar-refractivity contribution in [3.8, 4) is 5.82 Å². The van der Waals surface area contributed by atoms with Crippen molar-refractivity contribution in [3.63, 3.8) is 0 Å². The van der Waals surface area contributed by atoms with E-state index in [4.69, 9.17) is 4.74 Å². The van der Waals surface area contributed by atoms with Crippen molar-refractivity contribution in [2.24, 2.45) is 0 Å². The van der Waals surface area contributed by atoms with Gasteiger partial charge in [0.25, 0.3) is 5.91 Å². The second kappa shape index (κ2) is 7.61. The summed E-state index contributed by atoms with van der Waals surface area (Å²) in [4.78, 5) is 21.1. The molecule has 9 nitrogen and oxygen atoms in total. The van der Waals surface area contributed by atoms with E-state index in [-0.39, 0.29) is 25.2 Å². The predicted molar refractivity (Wildman–Crippen MR) is 102 cm³/mol. The zero-order chi connectivity index (χ0) is 19.7. The number of sulfonamides is 1. The number of amides is 1. The number of aromatic nitrogens is 3. The SMILES string of the molecule is Cc1cc(C(=O)NC2CCN(S(=O)(=O)C3COC3)CC2)nc(-n2ccnc2)c1. The van der Waals surface area contributed by atoms with Gasteiger partial charge in [0.2, 0.25) is 10.0 Å². The van der Waals surface area contributed by atoms with Crippen LogP contribution in [0.25, 0.3) is 5.82 Å². The Morgan fingerprint density at radius 3 is 2.61 bits per heavy atom. The van der Waals surface area contributed by atoms with Gasteiger partial charge in [-0.05, 0) is 37.5 Å². The van der Waals surface area contributed by atoms with Gasteiger partial charge in [-0.2, -0.15) is 0 Å². The zero-order valence-electron chi connectivity index (χ0n) is 15.6. The molecule has 0 radical (unpaired) electrons. The maximum atomic E-state index is 12.7. The van der Waals surface area contributed by atoms with E-state index in [0.717, 1.165) is 5.56 Å². The number of carbonyl (C=O) groups excluding carboxylic acids is 1. The van der Waals surface area contributed by atoms with Crippen LogP contribution < -0.4 is 5.32 Å². The Labute approximate surface area is 163 Å². The Bertz CT molecular complexity index is 948. The Balaban J connectivity index is 1.38. The summed E-state index contributed by atoms with van der Waals surface area (Å²) in [6, 6.07) is 3.55. The number of ether oxygens (including phenoxy) is 1. The molecule has 1 N–H and O–H groups in total. The Kier molecular flexibility index (Phi) is 5.17. The van der Waals surface area contributed by atoms with E-state index in [0.29, 0.717) is 37.4 Å². The van der Waals surface area contributed by atoms with Crippen molar-refractivity contribution in [2.75, 3.05) is 26.3 Å². The summed E-state index contributed by atoms with van der Waals surface area (Å²) in [6.45, 7) is 3.28. The lowest BCUT2D eigenvalue weighted by Gasteiger charge is -2.36. The Morgan fingerprint density at radius 1 is 1.25 bits per heavy atom. The van der Waals surface area contributed by atoms with E-state index in [1.807, 2.05) is 13.0 Å². The highest BCUT2D eigenvalue weighted by Gasteiger charge is 2.39. The number of piperidine rings is 1. The lowest BCUT2D eigenvalue weighted by molar-refractivity contribution is 0.0387. The molecule has 150 valence electrons. The molecule has 2 aromatic heterocycles. The molecule has 28 heavy (non-hydrogen) atoms. The first-order chi connectivity index (χ1) is 13.4. The molecular weight excluding hydrogens is 382 g/mol. The van der Waals surface area contributed by atoms with Gasteiger partial charge in [-0.1, -0.05) is 0 Å². The van der Waals surface area contributed by atoms with E-state index >= 15 is 0 Å². The van der Waals surface area contributed by atoms with Gasteiger partial charge < -0.3 is 10.1 Å². The minimum absolute atomic E-state index is 0.0735. The quantitative estimate of drug-likeness (QED) is 0.776. The van der Waals surface area contributed by atoms with Gasteiger partial charge in [-0.25, -0.2) is 22.7 Å². The highest BCUT2D eigenvalue weighted by atomic mass is 32.2. The third-order valence-electron chi connectivity index (χ3n) is 5.14. The number of carbonyl (C=O) groups is 1. The molecular formula is C18H23N5O4S. The predicted octanol–water partition coefficient (Wildman–Crippen LogP) is 0.499. The molecule has 0 unspecified atom stereocenters. The van der Waals surface area contributed by atoms with Crippen molar-refractivity contribution in [3.05, 3.63) is 42.1 Å². The van der Waals surface area contributed by atoms with Crippen LogP contribution in [0.15, 0.2) is 30.9 Å². The Morgan fingerprint density at radius 2 is 2.00 bits per heavy atom. The molecule has 0 saturated carbocycles. The first kappa shape index (κ1) is 19.0. The highest BCUT2D eigenvalue weighted by Crippen LogP contribution is 2.21. The zero-order valence-corrected chi connectivity index (χ0v) is 16.4. The van der Waals surface area contributed by atoms with Crippen LogP contribution in [-0.2, 0) is 14.8 Å². The number of nitrogens with zero attached hydrogens (tertiary/aromatic N) is 4. The fraction of sp³-hybridized carbons (Fsp3) is 0.500. The minimum atomic E-state index is -3.29. The molecule has 2 saturated heterocycles. The van der Waals surface area contributed by atoms with E-state index in [1.165, 1.54) is 4.31 Å². The molecule has 4 heterocycles. The van der Waals surface area contributed by atoms with Gasteiger partial charge >= 0.3 is 0 Å². The number of hydrogen-bond acceptors (Lipinski definition) is 6. The molecule has 0 aliphatic carbocycles. The lowest BCUT2D eigenvalue weighted by Crippen LogP contribution is -2.53. The van der Waals surface area contributed by atoms with Crippen LogP contribution in [0.1, 0.15) is 28.9 Å². The molecule has 2 fully saturated rings. The average Bonchev–Trinajstić information content (AvgIpc) is 3.14. The smallest absolute Gasteiger partial charge is 0.270 e. The topological polar surface area (TPSA) is 106 Å². The Hall–Kier alpha value is -2.30. The van der Waals surface area contributed by atoms with Gasteiger partial charge in [0.05, 0.1) is 13.2 Å². The van der Waals surface area contributed by atoms with Gasteiger partial charge in [-0.3, -0.25) is 9.36 Å². The standard InChI is InChI=1S/C18H23N5O4S/c1-13-8-16(21-17(9-13)22-7-4-19-12-22)18(24)20-14-2-5-23(6-3-14)28(25,26)15-10-27-11-15/h4,7-9,12,14-15H,2-3,5-6,10-11H2,1H3,(H,20,24). The number of nitrogens with one attached hydrogen (secondary N) is 1. The van der Waals surface area contributed by atoms with Crippen LogP contribution in [-0.4, -0.2) is 70.8 Å². The van der Waals surface area contributed by atoms with Gasteiger partial charge in [0, 0.05) is 31.5 Å². The van der Waals surface area contributed by atoms with Crippen LogP contribution in [0.5, 0.6) is 0 Å². The molecule has 0 aromatic carbocycles.